The Hall–Kier alpha value is -0.600. The van der Waals surface area contributed by atoms with Crippen LogP contribution in [0.15, 0.2) is 23.3 Å². The van der Waals surface area contributed by atoms with E-state index < -0.39 is 11.2 Å². The molecule has 2 aliphatic carbocycles. The Morgan fingerprint density at radius 1 is 1.09 bits per heavy atom. The molecule has 126 valence electrons. The van der Waals surface area contributed by atoms with E-state index in [-0.39, 0.29) is 11.8 Å². The zero-order valence-electron chi connectivity index (χ0n) is 15.0. The van der Waals surface area contributed by atoms with E-state index in [1.807, 2.05) is 13.8 Å². The molecule has 2 aliphatic rings. The van der Waals surface area contributed by atoms with Crippen LogP contribution in [0.25, 0.3) is 0 Å². The highest BCUT2D eigenvalue weighted by Crippen LogP contribution is 2.48. The zero-order valence-corrected chi connectivity index (χ0v) is 15.0. The van der Waals surface area contributed by atoms with Gasteiger partial charge in [0.15, 0.2) is 0 Å². The average molecular weight is 306 g/mol. The fourth-order valence-corrected chi connectivity index (χ4v) is 4.26. The third-order valence-electron chi connectivity index (χ3n) is 6.00. The second-order valence-corrected chi connectivity index (χ2v) is 8.37. The van der Waals surface area contributed by atoms with Gasteiger partial charge in [0.1, 0.15) is 0 Å². The highest BCUT2D eigenvalue weighted by Gasteiger charge is 2.49. The lowest BCUT2D eigenvalue weighted by molar-refractivity contribution is -0.0453. The van der Waals surface area contributed by atoms with Crippen LogP contribution in [0.5, 0.6) is 0 Å². The highest BCUT2D eigenvalue weighted by molar-refractivity contribution is 5.18. The van der Waals surface area contributed by atoms with Gasteiger partial charge in [-0.1, -0.05) is 37.1 Å². The van der Waals surface area contributed by atoms with Crippen LogP contribution in [-0.4, -0.2) is 21.4 Å². The van der Waals surface area contributed by atoms with Crippen molar-refractivity contribution in [3.8, 4) is 0 Å². The minimum atomic E-state index is -0.704. The number of rotatable bonds is 1. The summed E-state index contributed by atoms with van der Waals surface area (Å²) in [4.78, 5) is 0. The first kappa shape index (κ1) is 17.7. The monoisotopic (exact) mass is 306 g/mol. The van der Waals surface area contributed by atoms with Crippen LogP contribution < -0.4 is 0 Å². The molecule has 0 spiro atoms. The van der Waals surface area contributed by atoms with Crippen LogP contribution in [0.2, 0.25) is 0 Å². The van der Waals surface area contributed by atoms with Crippen molar-refractivity contribution >= 4 is 0 Å². The van der Waals surface area contributed by atoms with E-state index in [9.17, 15) is 10.2 Å². The third-order valence-corrected chi connectivity index (χ3v) is 6.00. The average Bonchev–Trinajstić information content (AvgIpc) is 2.68. The van der Waals surface area contributed by atoms with Crippen molar-refractivity contribution in [3.05, 3.63) is 23.3 Å². The molecule has 2 nitrogen and oxygen atoms in total. The molecule has 0 aromatic heterocycles. The largest absolute Gasteiger partial charge is 0.390 e. The van der Waals surface area contributed by atoms with Crippen molar-refractivity contribution in [2.75, 3.05) is 0 Å². The van der Waals surface area contributed by atoms with E-state index in [2.05, 4.69) is 32.9 Å². The number of allylic oxidation sites excluding steroid dienone is 3. The molecule has 0 unspecified atom stereocenters. The second kappa shape index (κ2) is 6.49. The predicted octanol–water partition coefficient (Wildman–Crippen LogP) is 4.62. The summed E-state index contributed by atoms with van der Waals surface area (Å²) < 4.78 is 0. The first-order chi connectivity index (χ1) is 10.1. The zero-order chi connectivity index (χ0) is 16.5. The van der Waals surface area contributed by atoms with E-state index in [1.165, 1.54) is 11.1 Å². The van der Waals surface area contributed by atoms with E-state index in [4.69, 9.17) is 0 Å². The molecule has 0 amide bonds. The first-order valence-corrected chi connectivity index (χ1v) is 8.94. The standard InChI is InChI=1S/C20H34O2/c1-14(2)16-9-8-15(3)7-6-11-19(4,21)17-10-12-20(5,22)18(17)13-16/h7,13-14,17-18,21-22H,6,8-12H2,1-5H3/b15-7+,16-13+/t17-,18+,19-,20-/m1/s1. The molecule has 2 rings (SSSR count). The molecule has 0 radical (unpaired) electrons. The summed E-state index contributed by atoms with van der Waals surface area (Å²) in [5.74, 6) is 0.719. The SMILES string of the molecule is C/C1=C\CC[C@@](C)(O)[C@@H]2CC[C@@](C)(O)[C@H]2/C=C(/C(C)C)CC1. The van der Waals surface area contributed by atoms with Gasteiger partial charge in [-0.05, 0) is 71.1 Å². The topological polar surface area (TPSA) is 40.5 Å². The summed E-state index contributed by atoms with van der Waals surface area (Å²) in [5, 5.41) is 21.9. The van der Waals surface area contributed by atoms with Crippen LogP contribution in [0, 0.1) is 17.8 Å². The molecule has 0 heterocycles. The van der Waals surface area contributed by atoms with E-state index in [1.54, 1.807) is 0 Å². The fourth-order valence-electron chi connectivity index (χ4n) is 4.26. The van der Waals surface area contributed by atoms with Gasteiger partial charge in [0, 0.05) is 5.92 Å². The Morgan fingerprint density at radius 3 is 2.41 bits per heavy atom. The fraction of sp³-hybridized carbons (Fsp3) is 0.800. The molecule has 0 aromatic carbocycles. The summed E-state index contributed by atoms with van der Waals surface area (Å²) in [6.45, 7) is 10.6. The van der Waals surface area contributed by atoms with Crippen LogP contribution in [-0.2, 0) is 0 Å². The van der Waals surface area contributed by atoms with E-state index in [0.717, 1.165) is 38.5 Å². The van der Waals surface area contributed by atoms with Crippen LogP contribution in [0.1, 0.15) is 73.1 Å². The van der Waals surface area contributed by atoms with Crippen molar-refractivity contribution in [3.63, 3.8) is 0 Å². The van der Waals surface area contributed by atoms with Crippen molar-refractivity contribution in [2.24, 2.45) is 17.8 Å². The van der Waals surface area contributed by atoms with Crippen LogP contribution in [0.3, 0.4) is 0 Å². The Balaban J connectivity index is 2.42. The number of aliphatic hydroxyl groups is 2. The van der Waals surface area contributed by atoms with Gasteiger partial charge in [-0.15, -0.1) is 0 Å². The minimum Gasteiger partial charge on any atom is -0.390 e. The van der Waals surface area contributed by atoms with Crippen molar-refractivity contribution in [2.45, 2.75) is 84.3 Å². The Kier molecular flexibility index (Phi) is 5.23. The van der Waals surface area contributed by atoms with Crippen molar-refractivity contribution in [1.82, 2.24) is 0 Å². The van der Waals surface area contributed by atoms with Gasteiger partial charge in [0.2, 0.25) is 0 Å². The number of hydrogen-bond acceptors (Lipinski definition) is 2. The van der Waals surface area contributed by atoms with Gasteiger partial charge in [0.05, 0.1) is 11.2 Å². The van der Waals surface area contributed by atoms with Crippen LogP contribution in [0.4, 0.5) is 0 Å². The van der Waals surface area contributed by atoms with Crippen molar-refractivity contribution < 1.29 is 10.2 Å². The maximum absolute atomic E-state index is 11.0. The Labute approximate surface area is 136 Å². The molecule has 22 heavy (non-hydrogen) atoms. The summed E-state index contributed by atoms with van der Waals surface area (Å²) in [7, 11) is 0. The lowest BCUT2D eigenvalue weighted by atomic mass is 9.74. The van der Waals surface area contributed by atoms with Gasteiger partial charge in [0.25, 0.3) is 0 Å². The summed E-state index contributed by atoms with van der Waals surface area (Å²) in [5.41, 5.74) is 1.46. The number of fused-ring (bicyclic) bond motifs is 1. The molecular weight excluding hydrogens is 272 g/mol. The molecule has 0 bridgehead atoms. The smallest absolute Gasteiger partial charge is 0.0686 e. The molecular formula is C20H34O2. The maximum Gasteiger partial charge on any atom is 0.0686 e. The van der Waals surface area contributed by atoms with Gasteiger partial charge < -0.3 is 10.2 Å². The molecule has 0 saturated heterocycles. The molecule has 4 atom stereocenters. The molecule has 1 fully saturated rings. The Morgan fingerprint density at radius 2 is 1.77 bits per heavy atom. The molecule has 0 aliphatic heterocycles. The summed E-state index contributed by atoms with van der Waals surface area (Å²) >= 11 is 0. The summed E-state index contributed by atoms with van der Waals surface area (Å²) in [6.07, 6.45) is 10.2. The second-order valence-electron chi connectivity index (χ2n) is 8.37. The lowest BCUT2D eigenvalue weighted by Crippen LogP contribution is -2.41. The van der Waals surface area contributed by atoms with Crippen molar-refractivity contribution in [1.29, 1.82) is 0 Å². The molecule has 2 heteroatoms. The third kappa shape index (κ3) is 3.83. The molecule has 1 saturated carbocycles. The number of hydrogen-bond donors (Lipinski definition) is 2. The minimum absolute atomic E-state index is 0.0679. The Bertz CT molecular complexity index is 454. The molecule has 2 N–H and O–H groups in total. The van der Waals surface area contributed by atoms with E-state index in [0.29, 0.717) is 5.92 Å². The lowest BCUT2D eigenvalue weighted by Gasteiger charge is -2.37. The van der Waals surface area contributed by atoms with Gasteiger partial charge >= 0.3 is 0 Å². The highest BCUT2D eigenvalue weighted by atomic mass is 16.3. The van der Waals surface area contributed by atoms with Gasteiger partial charge in [-0.3, -0.25) is 0 Å². The predicted molar refractivity (Wildman–Crippen MR) is 92.6 cm³/mol. The first-order valence-electron chi connectivity index (χ1n) is 8.94. The van der Waals surface area contributed by atoms with Gasteiger partial charge in [-0.2, -0.15) is 0 Å². The van der Waals surface area contributed by atoms with Gasteiger partial charge in [-0.25, -0.2) is 0 Å². The van der Waals surface area contributed by atoms with Crippen LogP contribution >= 0.6 is 0 Å². The van der Waals surface area contributed by atoms with E-state index >= 15 is 0 Å². The molecule has 0 aromatic rings. The quantitative estimate of drug-likeness (QED) is 0.694. The maximum atomic E-state index is 11.0. The normalized spacial score (nSPS) is 45.5. The summed E-state index contributed by atoms with van der Waals surface area (Å²) in [6, 6.07) is 0.